The predicted octanol–water partition coefficient (Wildman–Crippen LogP) is 5.54. The van der Waals surface area contributed by atoms with Crippen LogP contribution in [0.1, 0.15) is 29.0 Å². The molecule has 0 fully saturated rings. The number of benzene rings is 2. The Kier molecular flexibility index (Phi) is 9.12. The first-order valence-corrected chi connectivity index (χ1v) is 13.4. The lowest BCUT2D eigenvalue weighted by Gasteiger charge is -2.39. The molecule has 0 aliphatic heterocycles. The number of pyridine rings is 2. The molecule has 2 unspecified atom stereocenters. The van der Waals surface area contributed by atoms with Crippen molar-refractivity contribution in [1.82, 2.24) is 14.9 Å². The van der Waals surface area contributed by atoms with Crippen molar-refractivity contribution in [3.63, 3.8) is 0 Å². The molecule has 0 aliphatic rings. The summed E-state index contributed by atoms with van der Waals surface area (Å²) in [6.45, 7) is 0.452. The van der Waals surface area contributed by atoms with E-state index in [2.05, 4.69) is 20.9 Å². The van der Waals surface area contributed by atoms with Gasteiger partial charge in [0, 0.05) is 27.5 Å². The smallest absolute Gasteiger partial charge is 0.219 e. The molecule has 0 spiro atoms. The summed E-state index contributed by atoms with van der Waals surface area (Å²) in [6, 6.07) is 14.1. The quantitative estimate of drug-likeness (QED) is 0.236. The molecule has 40 heavy (non-hydrogen) atoms. The minimum Gasteiger partial charge on any atom is -0.495 e. The molecule has 1 N–H and O–H groups in total. The minimum absolute atomic E-state index is 0.0450. The molecule has 0 bridgehead atoms. The van der Waals surface area contributed by atoms with Crippen LogP contribution in [0, 0.1) is 5.82 Å². The number of aromatic nitrogens is 2. The topological polar surface area (TPSA) is 86.2 Å². The van der Waals surface area contributed by atoms with E-state index in [1.54, 1.807) is 18.2 Å². The van der Waals surface area contributed by atoms with Crippen molar-refractivity contribution in [3.8, 4) is 23.3 Å². The lowest BCUT2D eigenvalue weighted by atomic mass is 9.71. The maximum atomic E-state index is 16.2. The first-order chi connectivity index (χ1) is 19.2. The molecule has 4 aromatic rings. The van der Waals surface area contributed by atoms with Crippen LogP contribution < -0.4 is 18.9 Å². The van der Waals surface area contributed by atoms with Crippen LogP contribution in [0.5, 0.6) is 23.3 Å². The average molecular weight is 615 g/mol. The Morgan fingerprint density at radius 3 is 2.35 bits per heavy atom. The van der Waals surface area contributed by atoms with Crippen LogP contribution in [0.4, 0.5) is 4.39 Å². The van der Waals surface area contributed by atoms with E-state index in [1.807, 2.05) is 43.3 Å². The molecule has 0 saturated carbocycles. The van der Waals surface area contributed by atoms with Gasteiger partial charge in [-0.3, -0.25) is 0 Å². The second-order valence-corrected chi connectivity index (χ2v) is 10.5. The Morgan fingerprint density at radius 2 is 1.70 bits per heavy atom. The van der Waals surface area contributed by atoms with Crippen molar-refractivity contribution in [3.05, 3.63) is 81.7 Å². The third-order valence-corrected chi connectivity index (χ3v) is 7.43. The van der Waals surface area contributed by atoms with Crippen LogP contribution in [0.2, 0.25) is 0 Å². The zero-order valence-corrected chi connectivity index (χ0v) is 25.0. The molecular formula is C30H33BrFN3O5. The molecule has 2 aromatic heterocycles. The monoisotopic (exact) mass is 613 g/mol. The van der Waals surface area contributed by atoms with E-state index in [9.17, 15) is 5.11 Å². The van der Waals surface area contributed by atoms with Crippen molar-refractivity contribution < 1.29 is 28.4 Å². The van der Waals surface area contributed by atoms with Gasteiger partial charge in [0.05, 0.1) is 51.6 Å². The van der Waals surface area contributed by atoms with Crippen LogP contribution >= 0.6 is 15.9 Å². The van der Waals surface area contributed by atoms with E-state index < -0.39 is 17.3 Å². The van der Waals surface area contributed by atoms with Gasteiger partial charge in [0.25, 0.3) is 0 Å². The zero-order valence-electron chi connectivity index (χ0n) is 23.4. The summed E-state index contributed by atoms with van der Waals surface area (Å²) >= 11 is 3.53. The SMILES string of the molecule is COc1cnc(OC)c(C(O)(CCN(C)C)C(c2cc3cc(Br)ccc3nc2OC)c2cccc(OC)c2F)c1. The van der Waals surface area contributed by atoms with Gasteiger partial charge in [-0.15, -0.1) is 0 Å². The highest BCUT2D eigenvalue weighted by Gasteiger charge is 2.46. The van der Waals surface area contributed by atoms with Crippen LogP contribution in [0.15, 0.2) is 59.2 Å². The first kappa shape index (κ1) is 29.5. The van der Waals surface area contributed by atoms with Gasteiger partial charge < -0.3 is 29.0 Å². The lowest BCUT2D eigenvalue weighted by molar-refractivity contribution is 0.000115. The van der Waals surface area contributed by atoms with E-state index in [0.29, 0.717) is 28.9 Å². The van der Waals surface area contributed by atoms with E-state index >= 15 is 4.39 Å². The van der Waals surface area contributed by atoms with Crippen LogP contribution in [-0.2, 0) is 5.60 Å². The van der Waals surface area contributed by atoms with E-state index in [-0.39, 0.29) is 29.5 Å². The summed E-state index contributed by atoms with van der Waals surface area (Å²) in [5.74, 6) is -0.744. The molecule has 4 rings (SSSR count). The molecule has 8 nitrogen and oxygen atoms in total. The van der Waals surface area contributed by atoms with Gasteiger partial charge in [0.2, 0.25) is 11.8 Å². The van der Waals surface area contributed by atoms with Crippen LogP contribution in [-0.4, -0.2) is 69.1 Å². The van der Waals surface area contributed by atoms with Crippen molar-refractivity contribution in [1.29, 1.82) is 0 Å². The fourth-order valence-corrected chi connectivity index (χ4v) is 5.33. The highest BCUT2D eigenvalue weighted by molar-refractivity contribution is 9.10. The largest absolute Gasteiger partial charge is 0.495 e. The molecule has 0 radical (unpaired) electrons. The Balaban J connectivity index is 2.14. The summed E-state index contributed by atoms with van der Waals surface area (Å²) in [5, 5.41) is 13.7. The summed E-state index contributed by atoms with van der Waals surface area (Å²) in [4.78, 5) is 11.1. The minimum atomic E-state index is -1.78. The Labute approximate surface area is 241 Å². The second kappa shape index (κ2) is 12.4. The highest BCUT2D eigenvalue weighted by Crippen LogP contribution is 2.51. The number of methoxy groups -OCH3 is 4. The molecule has 0 amide bonds. The number of rotatable bonds is 11. The lowest BCUT2D eigenvalue weighted by Crippen LogP contribution is -2.38. The molecule has 2 atom stereocenters. The normalized spacial score (nSPS) is 13.7. The molecule has 2 heterocycles. The number of halogens is 2. The third kappa shape index (κ3) is 5.70. The van der Waals surface area contributed by atoms with Crippen molar-refractivity contribution in [2.45, 2.75) is 17.9 Å². The standard InChI is InChI=1S/C30H33BrFN3O5/c1-35(2)13-12-30(36,23-16-20(37-3)17-33-29(23)40-6)26(21-8-7-9-25(38-4)27(21)32)22-15-18-14-19(31)10-11-24(18)34-28(22)39-5/h7-11,14-17,26,36H,12-13H2,1-6H3. The van der Waals surface area contributed by atoms with Gasteiger partial charge in [0.1, 0.15) is 11.4 Å². The second-order valence-electron chi connectivity index (χ2n) is 9.63. The Hall–Kier alpha value is -3.47. The van der Waals surface area contributed by atoms with Crippen molar-refractivity contribution >= 4 is 26.8 Å². The fourth-order valence-electron chi connectivity index (χ4n) is 4.95. The summed E-state index contributed by atoms with van der Waals surface area (Å²) in [5.41, 5.74) is -0.0869. The average Bonchev–Trinajstić information content (AvgIpc) is 2.96. The molecule has 0 aliphatic carbocycles. The van der Waals surface area contributed by atoms with Crippen molar-refractivity contribution in [2.24, 2.45) is 0 Å². The number of fused-ring (bicyclic) bond motifs is 1. The van der Waals surface area contributed by atoms with Gasteiger partial charge in [0.15, 0.2) is 11.6 Å². The fraction of sp³-hybridized carbons (Fsp3) is 0.333. The van der Waals surface area contributed by atoms with Gasteiger partial charge in [-0.2, -0.15) is 0 Å². The van der Waals surface area contributed by atoms with Gasteiger partial charge in [-0.25, -0.2) is 14.4 Å². The molecular weight excluding hydrogens is 581 g/mol. The zero-order chi connectivity index (χ0) is 29.0. The van der Waals surface area contributed by atoms with Crippen molar-refractivity contribution in [2.75, 3.05) is 49.1 Å². The van der Waals surface area contributed by atoms with Gasteiger partial charge in [-0.05, 0) is 56.9 Å². The Bertz CT molecular complexity index is 1500. The van der Waals surface area contributed by atoms with Gasteiger partial charge in [-0.1, -0.05) is 28.1 Å². The van der Waals surface area contributed by atoms with Gasteiger partial charge >= 0.3 is 0 Å². The van der Waals surface area contributed by atoms with E-state index in [4.69, 9.17) is 23.9 Å². The molecule has 212 valence electrons. The van der Waals surface area contributed by atoms with E-state index in [0.717, 1.165) is 9.86 Å². The third-order valence-electron chi connectivity index (χ3n) is 6.94. The highest BCUT2D eigenvalue weighted by atomic mass is 79.9. The first-order valence-electron chi connectivity index (χ1n) is 12.6. The summed E-state index contributed by atoms with van der Waals surface area (Å²) in [6.07, 6.45) is 1.68. The number of aliphatic hydroxyl groups is 1. The number of hydrogen-bond acceptors (Lipinski definition) is 8. The molecule has 2 aromatic carbocycles. The van der Waals surface area contributed by atoms with Crippen LogP contribution in [0.3, 0.4) is 0 Å². The maximum absolute atomic E-state index is 16.2. The maximum Gasteiger partial charge on any atom is 0.219 e. The summed E-state index contributed by atoms with van der Waals surface area (Å²) < 4.78 is 39.3. The number of ether oxygens (including phenoxy) is 4. The predicted molar refractivity (Wildman–Crippen MR) is 155 cm³/mol. The Morgan fingerprint density at radius 1 is 0.950 bits per heavy atom. The molecule has 10 heteroatoms. The van der Waals surface area contributed by atoms with E-state index in [1.165, 1.54) is 40.7 Å². The summed E-state index contributed by atoms with van der Waals surface area (Å²) in [7, 11) is 9.69. The molecule has 0 saturated heterocycles. The number of nitrogens with zero attached hydrogens (tertiary/aromatic N) is 3. The number of hydrogen-bond donors (Lipinski definition) is 1. The van der Waals surface area contributed by atoms with Crippen LogP contribution in [0.25, 0.3) is 10.9 Å².